The van der Waals surface area contributed by atoms with E-state index in [-0.39, 0.29) is 6.04 Å². The van der Waals surface area contributed by atoms with E-state index >= 15 is 0 Å². The maximum absolute atomic E-state index is 11.6. The van der Waals surface area contributed by atoms with Crippen LogP contribution >= 0.6 is 0 Å². The van der Waals surface area contributed by atoms with Gasteiger partial charge in [-0.25, -0.2) is 12.7 Å². The van der Waals surface area contributed by atoms with E-state index in [0.29, 0.717) is 19.0 Å². The molecule has 0 amide bonds. The van der Waals surface area contributed by atoms with Crippen molar-refractivity contribution in [3.05, 3.63) is 35.4 Å². The van der Waals surface area contributed by atoms with Crippen molar-refractivity contribution in [3.63, 3.8) is 0 Å². The Balaban J connectivity index is 1.91. The fourth-order valence-corrected chi connectivity index (χ4v) is 4.10. The van der Waals surface area contributed by atoms with Crippen LogP contribution in [0.15, 0.2) is 24.3 Å². The van der Waals surface area contributed by atoms with Crippen LogP contribution in [-0.2, 0) is 16.4 Å². The molecule has 0 aromatic heterocycles. The second kappa shape index (κ2) is 6.90. The van der Waals surface area contributed by atoms with E-state index in [2.05, 4.69) is 19.1 Å². The Hall–Kier alpha value is -0.910. The maximum Gasteiger partial charge on any atom is 0.211 e. The van der Waals surface area contributed by atoms with Crippen LogP contribution in [0, 0.1) is 12.8 Å². The van der Waals surface area contributed by atoms with Crippen LogP contribution in [0.5, 0.6) is 0 Å². The Kier molecular flexibility index (Phi) is 5.41. The lowest BCUT2D eigenvalue weighted by Crippen LogP contribution is -2.41. The van der Waals surface area contributed by atoms with Gasteiger partial charge in [0.1, 0.15) is 0 Å². The summed E-state index contributed by atoms with van der Waals surface area (Å²) in [5.41, 5.74) is 8.86. The molecule has 1 aliphatic heterocycles. The fourth-order valence-electron chi connectivity index (χ4n) is 3.15. The zero-order valence-electron chi connectivity index (χ0n) is 13.0. The van der Waals surface area contributed by atoms with Crippen LogP contribution in [0.25, 0.3) is 0 Å². The summed E-state index contributed by atoms with van der Waals surface area (Å²) in [5, 5.41) is 0. The lowest BCUT2D eigenvalue weighted by Gasteiger charge is -2.32. The minimum atomic E-state index is -3.07. The molecule has 1 fully saturated rings. The molecule has 5 heteroatoms. The molecule has 118 valence electrons. The Morgan fingerprint density at radius 3 is 2.76 bits per heavy atom. The van der Waals surface area contributed by atoms with Crippen LogP contribution in [0.4, 0.5) is 0 Å². The minimum absolute atomic E-state index is 0.0932. The van der Waals surface area contributed by atoms with Gasteiger partial charge < -0.3 is 5.73 Å². The van der Waals surface area contributed by atoms with Gasteiger partial charge in [-0.2, -0.15) is 0 Å². The van der Waals surface area contributed by atoms with Crippen molar-refractivity contribution in [3.8, 4) is 0 Å². The number of nitrogens with two attached hydrogens (primary N) is 1. The average Bonchev–Trinajstić information content (AvgIpc) is 2.41. The number of benzene rings is 1. The van der Waals surface area contributed by atoms with Crippen LogP contribution in [0.1, 0.15) is 30.4 Å². The molecule has 0 bridgehead atoms. The molecule has 0 radical (unpaired) electrons. The van der Waals surface area contributed by atoms with Crippen molar-refractivity contribution in [2.45, 2.75) is 38.6 Å². The molecule has 2 atom stereocenters. The van der Waals surface area contributed by atoms with Gasteiger partial charge in [0, 0.05) is 19.1 Å². The molecular weight excluding hydrogens is 284 g/mol. The van der Waals surface area contributed by atoms with Crippen LogP contribution < -0.4 is 5.73 Å². The minimum Gasteiger partial charge on any atom is -0.327 e. The van der Waals surface area contributed by atoms with Crippen molar-refractivity contribution in [2.24, 2.45) is 11.7 Å². The summed E-state index contributed by atoms with van der Waals surface area (Å²) in [7, 11) is -3.07. The predicted octanol–water partition coefficient (Wildman–Crippen LogP) is 1.93. The number of nitrogens with zero attached hydrogens (tertiary/aromatic N) is 1. The number of rotatable bonds is 5. The molecule has 0 saturated carbocycles. The molecule has 21 heavy (non-hydrogen) atoms. The number of aryl methyl sites for hydroxylation is 1. The maximum atomic E-state index is 11.6. The molecule has 1 saturated heterocycles. The first-order valence-corrected chi connectivity index (χ1v) is 9.46. The third kappa shape index (κ3) is 4.80. The van der Waals surface area contributed by atoms with Gasteiger partial charge in [0.2, 0.25) is 10.0 Å². The quantitative estimate of drug-likeness (QED) is 0.904. The third-order valence-electron chi connectivity index (χ3n) is 4.33. The topological polar surface area (TPSA) is 63.4 Å². The predicted molar refractivity (Wildman–Crippen MR) is 86.6 cm³/mol. The van der Waals surface area contributed by atoms with E-state index in [1.54, 1.807) is 4.31 Å². The van der Waals surface area contributed by atoms with Crippen molar-refractivity contribution >= 4 is 10.0 Å². The summed E-state index contributed by atoms with van der Waals surface area (Å²) < 4.78 is 24.9. The van der Waals surface area contributed by atoms with E-state index < -0.39 is 10.0 Å². The van der Waals surface area contributed by atoms with E-state index in [1.165, 1.54) is 17.4 Å². The number of sulfonamides is 1. The SMILES string of the molecule is Cc1ccccc1CC(N)CC1CCCN(S(C)(=O)=O)C1. The molecule has 2 N–H and O–H groups in total. The largest absolute Gasteiger partial charge is 0.327 e. The van der Waals surface area contributed by atoms with E-state index in [0.717, 1.165) is 25.7 Å². The van der Waals surface area contributed by atoms with Crippen molar-refractivity contribution in [1.82, 2.24) is 4.31 Å². The highest BCUT2D eigenvalue weighted by Crippen LogP contribution is 2.23. The molecule has 1 aromatic rings. The summed E-state index contributed by atoms with van der Waals surface area (Å²) in [4.78, 5) is 0. The van der Waals surface area contributed by atoms with Gasteiger partial charge >= 0.3 is 0 Å². The Morgan fingerprint density at radius 2 is 2.10 bits per heavy atom. The zero-order chi connectivity index (χ0) is 15.5. The Bertz CT molecular complexity index is 571. The monoisotopic (exact) mass is 310 g/mol. The lowest BCUT2D eigenvalue weighted by atomic mass is 9.89. The van der Waals surface area contributed by atoms with E-state index in [9.17, 15) is 8.42 Å². The second-order valence-electron chi connectivity index (χ2n) is 6.26. The van der Waals surface area contributed by atoms with Gasteiger partial charge in [-0.15, -0.1) is 0 Å². The molecule has 1 heterocycles. The smallest absolute Gasteiger partial charge is 0.211 e. The van der Waals surface area contributed by atoms with E-state index in [4.69, 9.17) is 5.73 Å². The van der Waals surface area contributed by atoms with Gasteiger partial charge in [-0.05, 0) is 49.7 Å². The van der Waals surface area contributed by atoms with E-state index in [1.807, 2.05) is 12.1 Å². The highest BCUT2D eigenvalue weighted by molar-refractivity contribution is 7.88. The van der Waals surface area contributed by atoms with Crippen LogP contribution in [-0.4, -0.2) is 38.1 Å². The summed E-state index contributed by atoms with van der Waals surface area (Å²) in [6.45, 7) is 3.39. The molecule has 2 rings (SSSR count). The van der Waals surface area contributed by atoms with Gasteiger partial charge in [0.25, 0.3) is 0 Å². The molecule has 0 aliphatic carbocycles. The van der Waals surface area contributed by atoms with Crippen molar-refractivity contribution in [2.75, 3.05) is 19.3 Å². The Labute approximate surface area is 128 Å². The normalized spacial score (nSPS) is 22.1. The van der Waals surface area contributed by atoms with Crippen molar-refractivity contribution in [1.29, 1.82) is 0 Å². The van der Waals surface area contributed by atoms with Crippen LogP contribution in [0.2, 0.25) is 0 Å². The first-order chi connectivity index (χ1) is 9.86. The summed E-state index contributed by atoms with van der Waals surface area (Å²) in [6.07, 6.45) is 5.06. The highest BCUT2D eigenvalue weighted by Gasteiger charge is 2.26. The molecule has 2 unspecified atom stereocenters. The van der Waals surface area contributed by atoms with Gasteiger partial charge in [0.15, 0.2) is 0 Å². The molecule has 1 aliphatic rings. The standard InChI is InChI=1S/C16H26N2O2S/c1-13-6-3-4-8-15(13)11-16(17)10-14-7-5-9-18(12-14)21(2,19)20/h3-4,6,8,14,16H,5,7,9-12,17H2,1-2H3. The highest BCUT2D eigenvalue weighted by atomic mass is 32.2. The number of hydrogen-bond acceptors (Lipinski definition) is 3. The first-order valence-electron chi connectivity index (χ1n) is 7.61. The summed E-state index contributed by atoms with van der Waals surface area (Å²) >= 11 is 0. The van der Waals surface area contributed by atoms with Crippen LogP contribution in [0.3, 0.4) is 0 Å². The zero-order valence-corrected chi connectivity index (χ0v) is 13.8. The van der Waals surface area contributed by atoms with Crippen molar-refractivity contribution < 1.29 is 8.42 Å². The third-order valence-corrected chi connectivity index (χ3v) is 5.60. The first kappa shape index (κ1) is 16.5. The molecule has 4 nitrogen and oxygen atoms in total. The molecule has 1 aromatic carbocycles. The molecule has 0 spiro atoms. The van der Waals surface area contributed by atoms with Gasteiger partial charge in [-0.1, -0.05) is 24.3 Å². The Morgan fingerprint density at radius 1 is 1.38 bits per heavy atom. The average molecular weight is 310 g/mol. The molecular formula is C16H26N2O2S. The number of piperidine rings is 1. The lowest BCUT2D eigenvalue weighted by molar-refractivity contribution is 0.246. The summed E-state index contributed by atoms with van der Waals surface area (Å²) in [6, 6.07) is 8.40. The van der Waals surface area contributed by atoms with Gasteiger partial charge in [0.05, 0.1) is 6.26 Å². The number of hydrogen-bond donors (Lipinski definition) is 1. The second-order valence-corrected chi connectivity index (χ2v) is 8.24. The summed E-state index contributed by atoms with van der Waals surface area (Å²) in [5.74, 6) is 0.382. The van der Waals surface area contributed by atoms with Gasteiger partial charge in [-0.3, -0.25) is 0 Å². The fraction of sp³-hybridized carbons (Fsp3) is 0.625.